The highest BCUT2D eigenvalue weighted by atomic mass is 19.1. The van der Waals surface area contributed by atoms with Gasteiger partial charge in [0.25, 0.3) is 5.91 Å². The van der Waals surface area contributed by atoms with E-state index in [-0.39, 0.29) is 17.9 Å². The Balaban J connectivity index is 1.73. The van der Waals surface area contributed by atoms with Crippen molar-refractivity contribution >= 4 is 16.9 Å². The van der Waals surface area contributed by atoms with Crippen LogP contribution in [0.1, 0.15) is 16.2 Å². The molecule has 2 aromatic carbocycles. The van der Waals surface area contributed by atoms with Gasteiger partial charge in [0.2, 0.25) is 0 Å². The fraction of sp³-hybridized carbons (Fsp3) is 0.0667. The average Bonchev–Trinajstić information content (AvgIpc) is 2.87. The zero-order valence-corrected chi connectivity index (χ0v) is 10.9. The maximum absolute atomic E-state index is 13.5. The van der Waals surface area contributed by atoms with Gasteiger partial charge in [-0.15, -0.1) is 0 Å². The number of aromatic nitrogens is 2. The van der Waals surface area contributed by atoms with E-state index in [4.69, 9.17) is 5.11 Å². The SMILES string of the molecule is O=C(NCc1nc2ccccc2[nH]1)c1ccc(O)cc1F. The molecule has 1 heterocycles. The summed E-state index contributed by atoms with van der Waals surface area (Å²) in [6.45, 7) is 0.161. The molecular weight excluding hydrogens is 273 g/mol. The van der Waals surface area contributed by atoms with Gasteiger partial charge >= 0.3 is 0 Å². The summed E-state index contributed by atoms with van der Waals surface area (Å²) in [5, 5.41) is 11.7. The van der Waals surface area contributed by atoms with Gasteiger partial charge < -0.3 is 15.4 Å². The summed E-state index contributed by atoms with van der Waals surface area (Å²) < 4.78 is 13.5. The molecule has 0 aliphatic rings. The van der Waals surface area contributed by atoms with E-state index in [0.717, 1.165) is 17.1 Å². The summed E-state index contributed by atoms with van der Waals surface area (Å²) >= 11 is 0. The number of para-hydroxylation sites is 2. The van der Waals surface area contributed by atoms with Gasteiger partial charge in [0.1, 0.15) is 17.4 Å². The monoisotopic (exact) mass is 285 g/mol. The van der Waals surface area contributed by atoms with Crippen LogP contribution in [0, 0.1) is 5.82 Å². The number of benzene rings is 2. The van der Waals surface area contributed by atoms with Crippen LogP contribution in [-0.2, 0) is 6.54 Å². The number of phenols is 1. The third-order valence-corrected chi connectivity index (χ3v) is 3.05. The zero-order valence-electron chi connectivity index (χ0n) is 10.9. The van der Waals surface area contributed by atoms with Crippen molar-refractivity contribution in [1.82, 2.24) is 15.3 Å². The Kier molecular flexibility index (Phi) is 3.27. The summed E-state index contributed by atoms with van der Waals surface area (Å²) in [6, 6.07) is 10.9. The smallest absolute Gasteiger partial charge is 0.254 e. The third-order valence-electron chi connectivity index (χ3n) is 3.05. The van der Waals surface area contributed by atoms with Crippen LogP contribution in [0.3, 0.4) is 0 Å². The van der Waals surface area contributed by atoms with Crippen molar-refractivity contribution < 1.29 is 14.3 Å². The van der Waals surface area contributed by atoms with Crippen molar-refractivity contribution in [2.75, 3.05) is 0 Å². The predicted molar refractivity (Wildman–Crippen MR) is 75.3 cm³/mol. The maximum Gasteiger partial charge on any atom is 0.254 e. The zero-order chi connectivity index (χ0) is 14.8. The largest absolute Gasteiger partial charge is 0.508 e. The quantitative estimate of drug-likeness (QED) is 0.691. The molecule has 3 rings (SSSR count). The normalized spacial score (nSPS) is 10.7. The van der Waals surface area contributed by atoms with Gasteiger partial charge in [-0.1, -0.05) is 12.1 Å². The molecule has 1 amide bonds. The summed E-state index contributed by atoms with van der Waals surface area (Å²) in [6.07, 6.45) is 0. The minimum absolute atomic E-state index is 0.121. The second kappa shape index (κ2) is 5.24. The first-order valence-corrected chi connectivity index (χ1v) is 6.34. The van der Waals surface area contributed by atoms with Crippen LogP contribution in [0.2, 0.25) is 0 Å². The topological polar surface area (TPSA) is 78.0 Å². The average molecular weight is 285 g/mol. The molecule has 1 aromatic heterocycles. The molecule has 106 valence electrons. The van der Waals surface area contributed by atoms with Gasteiger partial charge in [0.05, 0.1) is 23.1 Å². The molecule has 0 saturated carbocycles. The molecule has 0 radical (unpaired) electrons. The number of hydrogen-bond donors (Lipinski definition) is 3. The number of aromatic amines is 1. The lowest BCUT2D eigenvalue weighted by molar-refractivity contribution is 0.0946. The summed E-state index contributed by atoms with van der Waals surface area (Å²) in [7, 11) is 0. The van der Waals surface area contributed by atoms with Crippen LogP contribution in [0.15, 0.2) is 42.5 Å². The van der Waals surface area contributed by atoms with Crippen LogP contribution in [0.25, 0.3) is 11.0 Å². The van der Waals surface area contributed by atoms with Gasteiger partial charge in [-0.3, -0.25) is 4.79 Å². The van der Waals surface area contributed by atoms with E-state index in [9.17, 15) is 9.18 Å². The third kappa shape index (κ3) is 2.69. The Morgan fingerprint density at radius 2 is 2.10 bits per heavy atom. The number of carbonyl (C=O) groups excluding carboxylic acids is 1. The lowest BCUT2D eigenvalue weighted by atomic mass is 10.2. The number of H-pyrrole nitrogens is 1. The molecule has 3 aromatic rings. The minimum Gasteiger partial charge on any atom is -0.508 e. The fourth-order valence-electron chi connectivity index (χ4n) is 2.04. The number of nitrogens with zero attached hydrogens (tertiary/aromatic N) is 1. The van der Waals surface area contributed by atoms with Crippen LogP contribution < -0.4 is 5.32 Å². The van der Waals surface area contributed by atoms with E-state index in [2.05, 4.69) is 15.3 Å². The van der Waals surface area contributed by atoms with E-state index in [1.807, 2.05) is 24.3 Å². The van der Waals surface area contributed by atoms with Gasteiger partial charge in [-0.25, -0.2) is 9.37 Å². The van der Waals surface area contributed by atoms with E-state index in [0.29, 0.717) is 5.82 Å². The Morgan fingerprint density at radius 3 is 2.86 bits per heavy atom. The molecule has 6 heteroatoms. The van der Waals surface area contributed by atoms with Gasteiger partial charge in [0, 0.05) is 6.07 Å². The molecule has 0 saturated heterocycles. The fourth-order valence-corrected chi connectivity index (χ4v) is 2.04. The van der Waals surface area contributed by atoms with Crippen molar-refractivity contribution in [3.8, 4) is 5.75 Å². The number of amides is 1. The molecule has 0 atom stereocenters. The first kappa shape index (κ1) is 13.1. The summed E-state index contributed by atoms with van der Waals surface area (Å²) in [5.41, 5.74) is 1.55. The minimum atomic E-state index is -0.767. The molecule has 3 N–H and O–H groups in total. The summed E-state index contributed by atoms with van der Waals surface area (Å²) in [5.74, 6) is -0.963. The van der Waals surface area contributed by atoms with Crippen LogP contribution >= 0.6 is 0 Å². The van der Waals surface area contributed by atoms with E-state index in [1.165, 1.54) is 12.1 Å². The molecule has 0 aliphatic heterocycles. The molecule has 0 aliphatic carbocycles. The lowest BCUT2D eigenvalue weighted by Crippen LogP contribution is -2.24. The van der Waals surface area contributed by atoms with Gasteiger partial charge in [0.15, 0.2) is 0 Å². The Bertz CT molecular complexity index is 781. The Morgan fingerprint density at radius 1 is 1.29 bits per heavy atom. The van der Waals surface area contributed by atoms with Crippen molar-refractivity contribution in [3.63, 3.8) is 0 Å². The van der Waals surface area contributed by atoms with Crippen molar-refractivity contribution in [2.45, 2.75) is 6.54 Å². The molecule has 0 unspecified atom stereocenters. The predicted octanol–water partition coefficient (Wildman–Crippen LogP) is 2.34. The summed E-state index contributed by atoms with van der Waals surface area (Å²) in [4.78, 5) is 19.3. The van der Waals surface area contributed by atoms with E-state index >= 15 is 0 Å². The second-order valence-electron chi connectivity index (χ2n) is 4.55. The van der Waals surface area contributed by atoms with Crippen LogP contribution in [-0.4, -0.2) is 21.0 Å². The lowest BCUT2D eigenvalue weighted by Gasteiger charge is -2.04. The number of hydrogen-bond acceptors (Lipinski definition) is 3. The number of rotatable bonds is 3. The molecule has 0 fully saturated rings. The molecule has 5 nitrogen and oxygen atoms in total. The van der Waals surface area contributed by atoms with E-state index < -0.39 is 11.7 Å². The maximum atomic E-state index is 13.5. The standard InChI is InChI=1S/C15H12FN3O2/c16-11-7-9(20)5-6-10(11)15(21)17-8-14-18-12-3-1-2-4-13(12)19-14/h1-7,20H,8H2,(H,17,21)(H,18,19). The van der Waals surface area contributed by atoms with Crippen molar-refractivity contribution in [1.29, 1.82) is 0 Å². The van der Waals surface area contributed by atoms with Gasteiger partial charge in [-0.05, 0) is 24.3 Å². The molecular formula is C15H12FN3O2. The number of fused-ring (bicyclic) bond motifs is 1. The van der Waals surface area contributed by atoms with Crippen molar-refractivity contribution in [2.24, 2.45) is 0 Å². The first-order chi connectivity index (χ1) is 10.1. The highest BCUT2D eigenvalue weighted by Crippen LogP contribution is 2.15. The van der Waals surface area contributed by atoms with E-state index in [1.54, 1.807) is 0 Å². The highest BCUT2D eigenvalue weighted by Gasteiger charge is 2.12. The second-order valence-corrected chi connectivity index (χ2v) is 4.55. The number of aromatic hydroxyl groups is 1. The molecule has 0 spiro atoms. The number of nitrogens with one attached hydrogen (secondary N) is 2. The Labute approximate surface area is 119 Å². The van der Waals surface area contributed by atoms with Crippen molar-refractivity contribution in [3.05, 3.63) is 59.7 Å². The number of phenolic OH excluding ortho intramolecular Hbond substituents is 1. The highest BCUT2D eigenvalue weighted by molar-refractivity contribution is 5.94. The number of halogens is 1. The van der Waals surface area contributed by atoms with Crippen LogP contribution in [0.5, 0.6) is 5.75 Å². The van der Waals surface area contributed by atoms with Crippen LogP contribution in [0.4, 0.5) is 4.39 Å². The van der Waals surface area contributed by atoms with Gasteiger partial charge in [-0.2, -0.15) is 0 Å². The Hall–Kier alpha value is -2.89. The number of carbonyl (C=O) groups is 1. The molecule has 0 bridgehead atoms. The number of imidazole rings is 1. The molecule has 21 heavy (non-hydrogen) atoms. The first-order valence-electron chi connectivity index (χ1n) is 6.34.